The van der Waals surface area contributed by atoms with Crippen molar-refractivity contribution < 1.29 is 9.53 Å². The summed E-state index contributed by atoms with van der Waals surface area (Å²) in [4.78, 5) is 14.8. The van der Waals surface area contributed by atoms with Crippen molar-refractivity contribution in [1.82, 2.24) is 10.2 Å². The van der Waals surface area contributed by atoms with Crippen LogP contribution in [0.3, 0.4) is 0 Å². The Hall–Kier alpha value is -1.55. The minimum absolute atomic E-state index is 0.112. The Bertz CT molecular complexity index is 487. The third-order valence-electron chi connectivity index (χ3n) is 4.32. The molecule has 4 nitrogen and oxygen atoms in total. The van der Waals surface area contributed by atoms with Crippen LogP contribution in [0.15, 0.2) is 24.3 Å². The van der Waals surface area contributed by atoms with Gasteiger partial charge in [0.15, 0.2) is 0 Å². The van der Waals surface area contributed by atoms with Crippen LogP contribution in [0, 0.1) is 5.92 Å². The Balaban J connectivity index is 1.70. The quantitative estimate of drug-likeness (QED) is 0.910. The average molecular weight is 274 g/mol. The Kier molecular flexibility index (Phi) is 3.92. The molecule has 2 heterocycles. The number of fused-ring (bicyclic) bond motifs is 1. The molecule has 1 N–H and O–H groups in total. The normalized spacial score (nSPS) is 25.1. The van der Waals surface area contributed by atoms with Crippen molar-refractivity contribution in [3.8, 4) is 5.75 Å². The highest BCUT2D eigenvalue weighted by Gasteiger charge is 2.34. The van der Waals surface area contributed by atoms with Gasteiger partial charge in [0.1, 0.15) is 18.3 Å². The number of rotatable bonds is 3. The Labute approximate surface area is 120 Å². The highest BCUT2D eigenvalue weighted by Crippen LogP contribution is 2.35. The van der Waals surface area contributed by atoms with E-state index in [4.69, 9.17) is 4.74 Å². The number of hydrogen-bond donors (Lipinski definition) is 1. The lowest BCUT2D eigenvalue weighted by atomic mass is 9.94. The molecule has 1 amide bonds. The smallest absolute Gasteiger partial charge is 0.233 e. The number of amides is 1. The summed E-state index contributed by atoms with van der Waals surface area (Å²) in [7, 11) is 1.97. The fourth-order valence-electron chi connectivity index (χ4n) is 3.31. The van der Waals surface area contributed by atoms with Crippen molar-refractivity contribution in [3.63, 3.8) is 0 Å². The molecule has 0 spiro atoms. The first-order valence-corrected chi connectivity index (χ1v) is 7.44. The Morgan fingerprint density at radius 2 is 2.30 bits per heavy atom. The van der Waals surface area contributed by atoms with Gasteiger partial charge in [-0.05, 0) is 38.4 Å². The van der Waals surface area contributed by atoms with Gasteiger partial charge in [0.05, 0.1) is 0 Å². The number of piperidine rings is 1. The topological polar surface area (TPSA) is 41.6 Å². The molecule has 1 saturated heterocycles. The van der Waals surface area contributed by atoms with Crippen LogP contribution in [0.4, 0.5) is 0 Å². The standard InChI is InChI=1S/C16H22N2O2/c1-17-9-12-5-4-8-18(10-12)16(19)14-11-20-15-7-3-2-6-13(14)15/h2-3,6-7,12,14,17H,4-5,8-11H2,1H3/t12-,14+/m1/s1. The van der Waals surface area contributed by atoms with Crippen LogP contribution in [-0.2, 0) is 4.79 Å². The van der Waals surface area contributed by atoms with Crippen LogP contribution < -0.4 is 10.1 Å². The molecule has 2 aliphatic rings. The van der Waals surface area contributed by atoms with Crippen LogP contribution >= 0.6 is 0 Å². The fourth-order valence-corrected chi connectivity index (χ4v) is 3.31. The highest BCUT2D eigenvalue weighted by molar-refractivity contribution is 5.85. The molecular weight excluding hydrogens is 252 g/mol. The van der Waals surface area contributed by atoms with E-state index >= 15 is 0 Å². The van der Waals surface area contributed by atoms with Crippen molar-refractivity contribution in [2.24, 2.45) is 5.92 Å². The van der Waals surface area contributed by atoms with Crippen LogP contribution in [-0.4, -0.2) is 44.1 Å². The number of para-hydroxylation sites is 1. The summed E-state index contributed by atoms with van der Waals surface area (Å²) in [6, 6.07) is 7.89. The maximum absolute atomic E-state index is 12.7. The lowest BCUT2D eigenvalue weighted by Gasteiger charge is -2.34. The first-order valence-electron chi connectivity index (χ1n) is 7.44. The Morgan fingerprint density at radius 1 is 1.45 bits per heavy atom. The second-order valence-electron chi connectivity index (χ2n) is 5.75. The molecule has 0 bridgehead atoms. The van der Waals surface area contributed by atoms with E-state index in [-0.39, 0.29) is 11.8 Å². The third-order valence-corrected chi connectivity index (χ3v) is 4.32. The van der Waals surface area contributed by atoms with E-state index in [2.05, 4.69) is 5.32 Å². The Morgan fingerprint density at radius 3 is 3.15 bits per heavy atom. The number of likely N-dealkylation sites (tertiary alicyclic amines) is 1. The van der Waals surface area contributed by atoms with Crippen LogP contribution in [0.25, 0.3) is 0 Å². The molecule has 0 unspecified atom stereocenters. The zero-order chi connectivity index (χ0) is 13.9. The number of benzene rings is 1. The number of nitrogens with zero attached hydrogens (tertiary/aromatic N) is 1. The summed E-state index contributed by atoms with van der Waals surface area (Å²) in [5.74, 6) is 1.57. The van der Waals surface area contributed by atoms with E-state index in [1.165, 1.54) is 6.42 Å². The zero-order valence-electron chi connectivity index (χ0n) is 12.0. The highest BCUT2D eigenvalue weighted by atomic mass is 16.5. The van der Waals surface area contributed by atoms with Crippen LogP contribution in [0.5, 0.6) is 5.75 Å². The van der Waals surface area contributed by atoms with Crippen molar-refractivity contribution in [2.75, 3.05) is 33.3 Å². The first kappa shape index (κ1) is 13.4. The fraction of sp³-hybridized carbons (Fsp3) is 0.562. The van der Waals surface area contributed by atoms with Gasteiger partial charge in [0.2, 0.25) is 5.91 Å². The van der Waals surface area contributed by atoms with Crippen molar-refractivity contribution in [3.05, 3.63) is 29.8 Å². The van der Waals surface area contributed by atoms with E-state index in [0.717, 1.165) is 37.4 Å². The molecule has 2 aliphatic heterocycles. The van der Waals surface area contributed by atoms with Gasteiger partial charge in [-0.15, -0.1) is 0 Å². The average Bonchev–Trinajstić information content (AvgIpc) is 2.91. The summed E-state index contributed by atoms with van der Waals surface area (Å²) in [6.07, 6.45) is 2.32. The lowest BCUT2D eigenvalue weighted by Crippen LogP contribution is -2.44. The minimum Gasteiger partial charge on any atom is -0.492 e. The number of nitrogens with one attached hydrogen (secondary N) is 1. The molecule has 0 aliphatic carbocycles. The van der Waals surface area contributed by atoms with Crippen molar-refractivity contribution >= 4 is 5.91 Å². The number of hydrogen-bond acceptors (Lipinski definition) is 3. The lowest BCUT2D eigenvalue weighted by molar-refractivity contribution is -0.134. The summed E-state index contributed by atoms with van der Waals surface area (Å²) >= 11 is 0. The molecule has 20 heavy (non-hydrogen) atoms. The maximum Gasteiger partial charge on any atom is 0.233 e. The molecule has 4 heteroatoms. The third kappa shape index (κ3) is 2.52. The van der Waals surface area contributed by atoms with E-state index in [9.17, 15) is 4.79 Å². The number of carbonyl (C=O) groups is 1. The van der Waals surface area contributed by atoms with Gasteiger partial charge >= 0.3 is 0 Å². The van der Waals surface area contributed by atoms with Gasteiger partial charge in [-0.1, -0.05) is 18.2 Å². The second kappa shape index (κ2) is 5.83. The van der Waals surface area contributed by atoms with Gasteiger partial charge in [-0.3, -0.25) is 4.79 Å². The summed E-state index contributed by atoms with van der Waals surface area (Å²) in [5, 5.41) is 3.22. The molecule has 1 aromatic carbocycles. The van der Waals surface area contributed by atoms with Crippen LogP contribution in [0.2, 0.25) is 0 Å². The van der Waals surface area contributed by atoms with Crippen molar-refractivity contribution in [2.45, 2.75) is 18.8 Å². The molecule has 0 radical (unpaired) electrons. The predicted octanol–water partition coefficient (Wildman–Crippen LogP) is 1.62. The summed E-state index contributed by atoms with van der Waals surface area (Å²) in [6.45, 7) is 3.24. The summed E-state index contributed by atoms with van der Waals surface area (Å²) < 4.78 is 5.64. The number of carbonyl (C=O) groups excluding carboxylic acids is 1. The molecule has 0 saturated carbocycles. The molecule has 1 fully saturated rings. The van der Waals surface area contributed by atoms with Crippen molar-refractivity contribution in [1.29, 1.82) is 0 Å². The SMILES string of the molecule is CNC[C@H]1CCCN(C(=O)[C@H]2COc3ccccc32)C1. The summed E-state index contributed by atoms with van der Waals surface area (Å²) in [5.41, 5.74) is 1.05. The van der Waals surface area contributed by atoms with Gasteiger partial charge in [-0.25, -0.2) is 0 Å². The monoisotopic (exact) mass is 274 g/mol. The molecule has 2 atom stereocenters. The van der Waals surface area contributed by atoms with Crippen LogP contribution in [0.1, 0.15) is 24.3 Å². The van der Waals surface area contributed by atoms with E-state index in [1.807, 2.05) is 36.2 Å². The van der Waals surface area contributed by atoms with Gasteiger partial charge in [0.25, 0.3) is 0 Å². The van der Waals surface area contributed by atoms with E-state index in [1.54, 1.807) is 0 Å². The van der Waals surface area contributed by atoms with E-state index < -0.39 is 0 Å². The molecule has 3 rings (SSSR count). The molecular formula is C16H22N2O2. The van der Waals surface area contributed by atoms with E-state index in [0.29, 0.717) is 12.5 Å². The van der Waals surface area contributed by atoms with Gasteiger partial charge < -0.3 is 15.0 Å². The number of ether oxygens (including phenoxy) is 1. The predicted molar refractivity (Wildman–Crippen MR) is 77.9 cm³/mol. The van der Waals surface area contributed by atoms with Gasteiger partial charge in [0, 0.05) is 18.7 Å². The second-order valence-corrected chi connectivity index (χ2v) is 5.75. The zero-order valence-corrected chi connectivity index (χ0v) is 12.0. The van der Waals surface area contributed by atoms with Gasteiger partial charge in [-0.2, -0.15) is 0 Å². The first-order chi connectivity index (χ1) is 9.79. The maximum atomic E-state index is 12.7. The molecule has 0 aromatic heterocycles. The molecule has 1 aromatic rings. The molecule has 108 valence electrons. The minimum atomic E-state index is -0.112. The largest absolute Gasteiger partial charge is 0.492 e.